The standard InChI is InChI=1S/C13H18FN/c1-9(2)15-6-4-5-11-7-10(3)12(14)8-13(11)15/h7-9H,4-6H2,1-3H3. The summed E-state index contributed by atoms with van der Waals surface area (Å²) in [6, 6.07) is 4.15. The Morgan fingerprint density at radius 2 is 2.07 bits per heavy atom. The van der Waals surface area contributed by atoms with Crippen LogP contribution in [0.2, 0.25) is 0 Å². The largest absolute Gasteiger partial charge is 0.369 e. The minimum atomic E-state index is -0.0821. The fourth-order valence-electron chi connectivity index (χ4n) is 2.30. The van der Waals surface area contributed by atoms with E-state index >= 15 is 0 Å². The molecule has 1 nitrogen and oxygen atoms in total. The summed E-state index contributed by atoms with van der Waals surface area (Å²) in [7, 11) is 0. The summed E-state index contributed by atoms with van der Waals surface area (Å²) in [6.45, 7) is 7.21. The first kappa shape index (κ1) is 10.5. The molecule has 2 rings (SSSR count). The highest BCUT2D eigenvalue weighted by atomic mass is 19.1. The Bertz CT molecular complexity index is 371. The highest BCUT2D eigenvalue weighted by Gasteiger charge is 2.20. The molecule has 0 aromatic heterocycles. The van der Waals surface area contributed by atoms with Gasteiger partial charge in [0, 0.05) is 18.3 Å². The minimum Gasteiger partial charge on any atom is -0.369 e. The minimum absolute atomic E-state index is 0.0821. The molecule has 1 heterocycles. The Labute approximate surface area is 90.9 Å². The van der Waals surface area contributed by atoms with Crippen molar-refractivity contribution in [2.24, 2.45) is 0 Å². The van der Waals surface area contributed by atoms with Crippen LogP contribution in [0.4, 0.5) is 10.1 Å². The van der Waals surface area contributed by atoms with Gasteiger partial charge in [0.25, 0.3) is 0 Å². The molecule has 0 amide bonds. The number of halogens is 1. The van der Waals surface area contributed by atoms with Gasteiger partial charge in [0.1, 0.15) is 5.82 Å². The van der Waals surface area contributed by atoms with Crippen LogP contribution in [-0.2, 0) is 6.42 Å². The molecular formula is C13H18FN. The maximum absolute atomic E-state index is 13.5. The summed E-state index contributed by atoms with van der Waals surface area (Å²) in [5.41, 5.74) is 3.16. The second-order valence-electron chi connectivity index (χ2n) is 4.62. The predicted octanol–water partition coefficient (Wildman–Crippen LogP) is 3.30. The Morgan fingerprint density at radius 1 is 1.33 bits per heavy atom. The summed E-state index contributed by atoms with van der Waals surface area (Å²) in [6.07, 6.45) is 2.26. The molecule has 0 fully saturated rings. The topological polar surface area (TPSA) is 3.24 Å². The van der Waals surface area contributed by atoms with Gasteiger partial charge in [-0.2, -0.15) is 0 Å². The Balaban J connectivity index is 2.47. The molecule has 1 aliphatic rings. The SMILES string of the molecule is Cc1cc2c(cc1F)N(C(C)C)CCC2. The van der Waals surface area contributed by atoms with Crippen LogP contribution < -0.4 is 4.90 Å². The molecule has 15 heavy (non-hydrogen) atoms. The zero-order chi connectivity index (χ0) is 11.0. The molecule has 0 saturated carbocycles. The number of anilines is 1. The first-order valence-electron chi connectivity index (χ1n) is 5.65. The fourth-order valence-corrected chi connectivity index (χ4v) is 2.30. The third-order valence-electron chi connectivity index (χ3n) is 3.14. The summed E-state index contributed by atoms with van der Waals surface area (Å²) >= 11 is 0. The summed E-state index contributed by atoms with van der Waals surface area (Å²) in [5, 5.41) is 0. The first-order valence-corrected chi connectivity index (χ1v) is 5.65. The van der Waals surface area contributed by atoms with Gasteiger partial charge in [-0.1, -0.05) is 6.07 Å². The molecule has 1 aromatic rings. The van der Waals surface area contributed by atoms with E-state index in [0.29, 0.717) is 6.04 Å². The van der Waals surface area contributed by atoms with Crippen molar-refractivity contribution in [3.63, 3.8) is 0 Å². The normalized spacial score (nSPS) is 15.7. The van der Waals surface area contributed by atoms with Crippen molar-refractivity contribution in [3.8, 4) is 0 Å². The van der Waals surface area contributed by atoms with Crippen molar-refractivity contribution in [2.45, 2.75) is 39.7 Å². The lowest BCUT2D eigenvalue weighted by molar-refractivity contribution is 0.597. The van der Waals surface area contributed by atoms with E-state index in [1.165, 1.54) is 12.0 Å². The van der Waals surface area contributed by atoms with Crippen LogP contribution in [0.5, 0.6) is 0 Å². The van der Waals surface area contributed by atoms with Crippen LogP contribution >= 0.6 is 0 Å². The van der Waals surface area contributed by atoms with Crippen LogP contribution in [0.1, 0.15) is 31.4 Å². The van der Waals surface area contributed by atoms with Crippen molar-refractivity contribution in [2.75, 3.05) is 11.4 Å². The van der Waals surface area contributed by atoms with E-state index in [9.17, 15) is 4.39 Å². The number of nitrogens with zero attached hydrogens (tertiary/aromatic N) is 1. The molecule has 0 saturated heterocycles. The van der Waals surface area contributed by atoms with E-state index in [1.54, 1.807) is 6.07 Å². The van der Waals surface area contributed by atoms with E-state index in [4.69, 9.17) is 0 Å². The van der Waals surface area contributed by atoms with Crippen molar-refractivity contribution >= 4 is 5.69 Å². The van der Waals surface area contributed by atoms with Gasteiger partial charge in [0.15, 0.2) is 0 Å². The molecule has 0 bridgehead atoms. The van der Waals surface area contributed by atoms with Gasteiger partial charge in [-0.05, 0) is 50.8 Å². The van der Waals surface area contributed by atoms with Gasteiger partial charge < -0.3 is 4.90 Å². The zero-order valence-corrected chi connectivity index (χ0v) is 9.68. The molecule has 0 spiro atoms. The molecule has 0 unspecified atom stereocenters. The molecule has 2 heteroatoms. The molecule has 0 atom stereocenters. The number of aryl methyl sites for hydroxylation is 2. The number of rotatable bonds is 1. The smallest absolute Gasteiger partial charge is 0.128 e. The van der Waals surface area contributed by atoms with Gasteiger partial charge in [-0.15, -0.1) is 0 Å². The second kappa shape index (κ2) is 3.84. The first-order chi connectivity index (χ1) is 7.09. The highest BCUT2D eigenvalue weighted by molar-refractivity contribution is 5.57. The van der Waals surface area contributed by atoms with Gasteiger partial charge in [0.05, 0.1) is 0 Å². The quantitative estimate of drug-likeness (QED) is 0.683. The van der Waals surface area contributed by atoms with Gasteiger partial charge in [-0.3, -0.25) is 0 Å². The maximum Gasteiger partial charge on any atom is 0.128 e. The maximum atomic E-state index is 13.5. The second-order valence-corrected chi connectivity index (χ2v) is 4.62. The van der Waals surface area contributed by atoms with E-state index in [1.807, 2.05) is 13.0 Å². The fraction of sp³-hybridized carbons (Fsp3) is 0.538. The highest BCUT2D eigenvalue weighted by Crippen LogP contribution is 2.30. The van der Waals surface area contributed by atoms with Crippen LogP contribution in [0.15, 0.2) is 12.1 Å². The van der Waals surface area contributed by atoms with Crippen LogP contribution in [0.25, 0.3) is 0 Å². The molecule has 82 valence electrons. The van der Waals surface area contributed by atoms with Gasteiger partial charge in [-0.25, -0.2) is 4.39 Å². The predicted molar refractivity (Wildman–Crippen MR) is 61.9 cm³/mol. The number of hydrogen-bond donors (Lipinski definition) is 0. The Hall–Kier alpha value is -1.05. The Morgan fingerprint density at radius 3 is 2.73 bits per heavy atom. The summed E-state index contributed by atoms with van der Waals surface area (Å²) < 4.78 is 13.5. The van der Waals surface area contributed by atoms with Crippen molar-refractivity contribution < 1.29 is 4.39 Å². The van der Waals surface area contributed by atoms with Crippen LogP contribution in [-0.4, -0.2) is 12.6 Å². The molecule has 1 aliphatic heterocycles. The third kappa shape index (κ3) is 1.85. The van der Waals surface area contributed by atoms with E-state index < -0.39 is 0 Å². The van der Waals surface area contributed by atoms with Crippen molar-refractivity contribution in [3.05, 3.63) is 29.1 Å². The molecule has 0 aliphatic carbocycles. The molecule has 0 radical (unpaired) electrons. The number of fused-ring (bicyclic) bond motifs is 1. The average molecular weight is 207 g/mol. The summed E-state index contributed by atoms with van der Waals surface area (Å²) in [4.78, 5) is 2.29. The molecular weight excluding hydrogens is 189 g/mol. The van der Waals surface area contributed by atoms with Crippen molar-refractivity contribution in [1.82, 2.24) is 0 Å². The van der Waals surface area contributed by atoms with E-state index in [0.717, 1.165) is 24.2 Å². The summed E-state index contributed by atoms with van der Waals surface area (Å²) in [5.74, 6) is -0.0821. The lowest BCUT2D eigenvalue weighted by Gasteiger charge is -2.35. The number of benzene rings is 1. The average Bonchev–Trinajstić information content (AvgIpc) is 2.18. The van der Waals surface area contributed by atoms with Gasteiger partial charge in [0.2, 0.25) is 0 Å². The Kier molecular flexibility index (Phi) is 2.68. The lowest BCUT2D eigenvalue weighted by Crippen LogP contribution is -2.35. The van der Waals surface area contributed by atoms with E-state index in [2.05, 4.69) is 18.7 Å². The van der Waals surface area contributed by atoms with Crippen LogP contribution in [0.3, 0.4) is 0 Å². The number of hydrogen-bond acceptors (Lipinski definition) is 1. The zero-order valence-electron chi connectivity index (χ0n) is 9.68. The van der Waals surface area contributed by atoms with Gasteiger partial charge >= 0.3 is 0 Å². The van der Waals surface area contributed by atoms with Crippen LogP contribution in [0, 0.1) is 12.7 Å². The monoisotopic (exact) mass is 207 g/mol. The van der Waals surface area contributed by atoms with E-state index in [-0.39, 0.29) is 5.82 Å². The van der Waals surface area contributed by atoms with Crippen molar-refractivity contribution in [1.29, 1.82) is 0 Å². The lowest BCUT2D eigenvalue weighted by atomic mass is 9.98. The molecule has 0 N–H and O–H groups in total. The third-order valence-corrected chi connectivity index (χ3v) is 3.14. The molecule has 1 aromatic carbocycles.